The quantitative estimate of drug-likeness (QED) is 0.825. The van der Waals surface area contributed by atoms with E-state index < -0.39 is 6.08 Å². The fourth-order valence-electron chi connectivity index (χ4n) is 1.82. The molecule has 0 saturated heterocycles. The topological polar surface area (TPSA) is 67.4 Å². The van der Waals surface area contributed by atoms with Gasteiger partial charge in [0.25, 0.3) is 0 Å². The normalized spacial score (nSPS) is 10.2. The molecule has 7 heteroatoms. The van der Waals surface area contributed by atoms with Crippen molar-refractivity contribution in [3.05, 3.63) is 42.6 Å². The lowest BCUT2D eigenvalue weighted by Crippen LogP contribution is -2.32. The highest BCUT2D eigenvalue weighted by Crippen LogP contribution is 2.21. The van der Waals surface area contributed by atoms with Gasteiger partial charge in [0, 0.05) is 31.5 Å². The first kappa shape index (κ1) is 16.7. The van der Waals surface area contributed by atoms with Gasteiger partial charge in [-0.3, -0.25) is 0 Å². The summed E-state index contributed by atoms with van der Waals surface area (Å²) < 4.78 is 18.3. The van der Waals surface area contributed by atoms with Gasteiger partial charge in [-0.15, -0.1) is 0 Å². The van der Waals surface area contributed by atoms with Crippen LogP contribution in [0.5, 0.6) is 11.6 Å². The third kappa shape index (κ3) is 5.21. The number of anilines is 1. The summed E-state index contributed by atoms with van der Waals surface area (Å²) in [6.45, 7) is 2.79. The number of hydrogen-bond donors (Lipinski definition) is 1. The minimum atomic E-state index is -0.846. The van der Waals surface area contributed by atoms with Crippen LogP contribution in [0.3, 0.4) is 0 Å². The number of nitrogens with zero attached hydrogens (tertiary/aromatic N) is 3. The Balaban J connectivity index is 1.93. The molecule has 1 heterocycles. The summed E-state index contributed by atoms with van der Waals surface area (Å²) in [4.78, 5) is 20.5. The van der Waals surface area contributed by atoms with Crippen molar-refractivity contribution < 1.29 is 13.9 Å². The number of amides is 2. The average molecular weight is 318 g/mol. The number of benzene rings is 1. The first-order valence-electron chi connectivity index (χ1n) is 7.37. The van der Waals surface area contributed by atoms with Crippen LogP contribution in [0.1, 0.15) is 19.8 Å². The van der Waals surface area contributed by atoms with Gasteiger partial charge >= 0.3 is 12.1 Å². The molecule has 122 valence electrons. The predicted octanol–water partition coefficient (Wildman–Crippen LogP) is 3.67. The second-order valence-electron chi connectivity index (χ2n) is 5.00. The summed E-state index contributed by atoms with van der Waals surface area (Å²) in [6.07, 6.45) is 2.43. The minimum Gasteiger partial charge on any atom is -0.439 e. The van der Waals surface area contributed by atoms with Crippen molar-refractivity contribution in [3.63, 3.8) is 0 Å². The molecular formula is C16H19FN4O2. The highest BCUT2D eigenvalue weighted by atomic mass is 19.1. The van der Waals surface area contributed by atoms with Crippen LogP contribution in [-0.2, 0) is 0 Å². The molecule has 0 unspecified atom stereocenters. The van der Waals surface area contributed by atoms with E-state index in [1.54, 1.807) is 36.2 Å². The van der Waals surface area contributed by atoms with E-state index in [9.17, 15) is 9.18 Å². The van der Waals surface area contributed by atoms with Gasteiger partial charge in [-0.1, -0.05) is 13.3 Å². The third-order valence-electron chi connectivity index (χ3n) is 3.12. The Morgan fingerprint density at radius 3 is 2.70 bits per heavy atom. The molecule has 0 aliphatic carbocycles. The predicted molar refractivity (Wildman–Crippen MR) is 85.1 cm³/mol. The average Bonchev–Trinajstić information content (AvgIpc) is 2.54. The molecule has 0 aliphatic rings. The number of urea groups is 1. The van der Waals surface area contributed by atoms with E-state index in [1.165, 1.54) is 12.3 Å². The van der Waals surface area contributed by atoms with Crippen LogP contribution < -0.4 is 10.1 Å². The summed E-state index contributed by atoms with van der Waals surface area (Å²) in [5.41, 5.74) is 0.652. The lowest BCUT2D eigenvalue weighted by atomic mass is 10.3. The zero-order chi connectivity index (χ0) is 16.7. The molecule has 2 rings (SSSR count). The van der Waals surface area contributed by atoms with Crippen molar-refractivity contribution in [3.8, 4) is 11.6 Å². The molecule has 0 fully saturated rings. The largest absolute Gasteiger partial charge is 0.439 e. The standard InChI is InChI=1S/C16H19FN4O2/c1-3-4-11-21(2)16(22)19-12-5-7-13(8-6-12)23-14-9-10-18-15(17)20-14/h5-10H,3-4,11H2,1-2H3,(H,19,22). The molecule has 0 aliphatic heterocycles. The number of carbonyl (C=O) groups is 1. The third-order valence-corrected chi connectivity index (χ3v) is 3.12. The van der Waals surface area contributed by atoms with E-state index in [0.717, 1.165) is 12.8 Å². The number of ether oxygens (including phenoxy) is 1. The number of hydrogen-bond acceptors (Lipinski definition) is 4. The molecule has 1 N–H and O–H groups in total. The number of carbonyl (C=O) groups excluding carboxylic acids is 1. The number of unbranched alkanes of at least 4 members (excludes halogenated alkanes) is 1. The lowest BCUT2D eigenvalue weighted by Gasteiger charge is -2.17. The fourth-order valence-corrected chi connectivity index (χ4v) is 1.82. The number of rotatable bonds is 6. The Labute approximate surface area is 134 Å². The van der Waals surface area contributed by atoms with Crippen molar-refractivity contribution in [1.82, 2.24) is 14.9 Å². The second kappa shape index (κ2) is 8.07. The zero-order valence-corrected chi connectivity index (χ0v) is 13.1. The van der Waals surface area contributed by atoms with Crippen LogP contribution >= 0.6 is 0 Å². The molecule has 0 atom stereocenters. The molecule has 0 bridgehead atoms. The van der Waals surface area contributed by atoms with Crippen LogP contribution in [0.15, 0.2) is 36.5 Å². The Kier molecular flexibility index (Phi) is 5.85. The van der Waals surface area contributed by atoms with Gasteiger partial charge in [0.2, 0.25) is 5.88 Å². The van der Waals surface area contributed by atoms with Crippen LogP contribution in [-0.4, -0.2) is 34.5 Å². The Bertz CT molecular complexity index is 649. The van der Waals surface area contributed by atoms with E-state index in [2.05, 4.69) is 22.2 Å². The SMILES string of the molecule is CCCCN(C)C(=O)Nc1ccc(Oc2ccnc(F)n2)cc1. The molecule has 0 radical (unpaired) electrons. The van der Waals surface area contributed by atoms with E-state index in [0.29, 0.717) is 18.0 Å². The molecular weight excluding hydrogens is 299 g/mol. The summed E-state index contributed by atoms with van der Waals surface area (Å²) in [7, 11) is 1.76. The highest BCUT2D eigenvalue weighted by molar-refractivity contribution is 5.89. The van der Waals surface area contributed by atoms with Crippen LogP contribution in [0.2, 0.25) is 0 Å². The van der Waals surface area contributed by atoms with Crippen LogP contribution in [0.25, 0.3) is 0 Å². The fraction of sp³-hybridized carbons (Fsp3) is 0.312. The molecule has 0 saturated carbocycles. The molecule has 1 aromatic heterocycles. The molecule has 2 amide bonds. The molecule has 23 heavy (non-hydrogen) atoms. The maximum Gasteiger partial charge on any atom is 0.321 e. The summed E-state index contributed by atoms with van der Waals surface area (Å²) in [6, 6.07) is 8.05. The monoisotopic (exact) mass is 318 g/mol. The van der Waals surface area contributed by atoms with Gasteiger partial charge in [-0.05, 0) is 30.7 Å². The first-order valence-corrected chi connectivity index (χ1v) is 7.37. The van der Waals surface area contributed by atoms with Gasteiger partial charge in [-0.25, -0.2) is 9.78 Å². The lowest BCUT2D eigenvalue weighted by molar-refractivity contribution is 0.222. The Hall–Kier alpha value is -2.70. The van der Waals surface area contributed by atoms with Gasteiger partial charge in [-0.2, -0.15) is 9.37 Å². The van der Waals surface area contributed by atoms with Crippen molar-refractivity contribution in [2.45, 2.75) is 19.8 Å². The summed E-state index contributed by atoms with van der Waals surface area (Å²) >= 11 is 0. The summed E-state index contributed by atoms with van der Waals surface area (Å²) in [5.74, 6) is 0.606. The minimum absolute atomic E-state index is 0.119. The Morgan fingerprint density at radius 1 is 1.30 bits per heavy atom. The van der Waals surface area contributed by atoms with E-state index in [1.807, 2.05) is 0 Å². The number of halogens is 1. The zero-order valence-electron chi connectivity index (χ0n) is 13.1. The van der Waals surface area contributed by atoms with Gasteiger partial charge in [0.05, 0.1) is 0 Å². The molecule has 0 spiro atoms. The van der Waals surface area contributed by atoms with E-state index >= 15 is 0 Å². The smallest absolute Gasteiger partial charge is 0.321 e. The van der Waals surface area contributed by atoms with E-state index in [-0.39, 0.29) is 11.9 Å². The van der Waals surface area contributed by atoms with Crippen molar-refractivity contribution in [2.75, 3.05) is 18.9 Å². The number of aromatic nitrogens is 2. The van der Waals surface area contributed by atoms with Crippen LogP contribution in [0, 0.1) is 6.08 Å². The van der Waals surface area contributed by atoms with Crippen molar-refractivity contribution in [2.24, 2.45) is 0 Å². The number of nitrogens with one attached hydrogen (secondary N) is 1. The molecule has 2 aromatic rings. The van der Waals surface area contributed by atoms with Gasteiger partial charge in [0.15, 0.2) is 0 Å². The Morgan fingerprint density at radius 2 is 2.04 bits per heavy atom. The van der Waals surface area contributed by atoms with Gasteiger partial charge < -0.3 is 15.0 Å². The van der Waals surface area contributed by atoms with Gasteiger partial charge in [0.1, 0.15) is 5.75 Å². The highest BCUT2D eigenvalue weighted by Gasteiger charge is 2.08. The maximum absolute atomic E-state index is 12.9. The molecule has 6 nitrogen and oxygen atoms in total. The first-order chi connectivity index (χ1) is 11.1. The van der Waals surface area contributed by atoms with Crippen LogP contribution in [0.4, 0.5) is 14.9 Å². The van der Waals surface area contributed by atoms with Crippen molar-refractivity contribution >= 4 is 11.7 Å². The molecule has 1 aromatic carbocycles. The van der Waals surface area contributed by atoms with E-state index in [4.69, 9.17) is 4.74 Å². The van der Waals surface area contributed by atoms with Crippen molar-refractivity contribution in [1.29, 1.82) is 0 Å². The summed E-state index contributed by atoms with van der Waals surface area (Å²) in [5, 5.41) is 2.80. The maximum atomic E-state index is 12.9. The second-order valence-corrected chi connectivity index (χ2v) is 5.00.